The smallest absolute Gasteiger partial charge is 0.269 e. The molecule has 0 unspecified atom stereocenters. The lowest BCUT2D eigenvalue weighted by molar-refractivity contribution is 0.414. The van der Waals surface area contributed by atoms with Crippen molar-refractivity contribution < 1.29 is 9.15 Å². The van der Waals surface area contributed by atoms with E-state index in [9.17, 15) is 9.59 Å². The van der Waals surface area contributed by atoms with Gasteiger partial charge in [0.25, 0.3) is 5.56 Å². The molecule has 0 amide bonds. The molecule has 0 bridgehead atoms. The second kappa shape index (κ2) is 7.83. The fourth-order valence-electron chi connectivity index (χ4n) is 3.32. The number of fused-ring (bicyclic) bond motifs is 2. The fraction of sp³-hybridized carbons (Fsp3) is 0.227. The third-order valence-electron chi connectivity index (χ3n) is 4.82. The van der Waals surface area contributed by atoms with Crippen LogP contribution in [0.25, 0.3) is 33.5 Å². The highest BCUT2D eigenvalue weighted by molar-refractivity contribution is 9.10. The van der Waals surface area contributed by atoms with Gasteiger partial charge in [0, 0.05) is 22.6 Å². The van der Waals surface area contributed by atoms with Crippen molar-refractivity contribution in [2.45, 2.75) is 26.3 Å². The lowest BCUT2D eigenvalue weighted by atomic mass is 10.1. The van der Waals surface area contributed by atoms with Crippen LogP contribution in [0.1, 0.15) is 19.8 Å². The number of methoxy groups -OCH3 is 1. The van der Waals surface area contributed by atoms with Crippen LogP contribution in [0.2, 0.25) is 0 Å². The summed E-state index contributed by atoms with van der Waals surface area (Å²) in [5.41, 5.74) is 0.365. The first-order valence-corrected chi connectivity index (χ1v) is 10.1. The third-order valence-corrected chi connectivity index (χ3v) is 5.31. The van der Waals surface area contributed by atoms with Crippen LogP contribution in [0.4, 0.5) is 0 Å². The lowest BCUT2D eigenvalue weighted by Crippen LogP contribution is -2.27. The van der Waals surface area contributed by atoms with Gasteiger partial charge in [0.15, 0.2) is 5.39 Å². The van der Waals surface area contributed by atoms with Crippen LogP contribution in [-0.4, -0.2) is 16.7 Å². The number of rotatable bonds is 5. The number of benzene rings is 2. The summed E-state index contributed by atoms with van der Waals surface area (Å²) < 4.78 is 13.5. The molecular formula is C22H19BrN2O4. The Morgan fingerprint density at radius 1 is 1.17 bits per heavy atom. The second-order valence-electron chi connectivity index (χ2n) is 6.73. The summed E-state index contributed by atoms with van der Waals surface area (Å²) in [5, 5.41) is 0.298. The Balaban J connectivity index is 2.10. The van der Waals surface area contributed by atoms with Gasteiger partial charge in [-0.2, -0.15) is 4.98 Å². The maximum absolute atomic E-state index is 13.3. The van der Waals surface area contributed by atoms with Gasteiger partial charge in [-0.25, -0.2) is 0 Å². The molecular weight excluding hydrogens is 436 g/mol. The molecule has 0 fully saturated rings. The van der Waals surface area contributed by atoms with Crippen molar-refractivity contribution in [2.75, 3.05) is 7.11 Å². The quantitative estimate of drug-likeness (QED) is 0.407. The van der Waals surface area contributed by atoms with E-state index in [1.807, 2.05) is 31.2 Å². The van der Waals surface area contributed by atoms with Gasteiger partial charge < -0.3 is 9.15 Å². The molecule has 0 aliphatic heterocycles. The second-order valence-corrected chi connectivity index (χ2v) is 7.65. The van der Waals surface area contributed by atoms with E-state index in [4.69, 9.17) is 9.15 Å². The van der Waals surface area contributed by atoms with Crippen LogP contribution < -0.4 is 15.7 Å². The standard InChI is InChI=1S/C22H19BrN2O4/c1-3-4-10-25-20(13-6-5-7-14(23)11-13)24-21-18(22(25)27)19(26)16-9-8-15(28-2)12-17(16)29-21/h5-9,11-12H,3-4,10H2,1-2H3. The van der Waals surface area contributed by atoms with E-state index in [0.717, 1.165) is 22.9 Å². The molecule has 0 atom stereocenters. The number of hydrogen-bond donors (Lipinski definition) is 0. The van der Waals surface area contributed by atoms with Gasteiger partial charge in [0.05, 0.1) is 12.5 Å². The first-order chi connectivity index (χ1) is 14.0. The molecule has 6 nitrogen and oxygen atoms in total. The number of hydrogen-bond acceptors (Lipinski definition) is 5. The number of halogens is 1. The Bertz CT molecular complexity index is 1340. The van der Waals surface area contributed by atoms with E-state index < -0.39 is 0 Å². The van der Waals surface area contributed by atoms with Crippen molar-refractivity contribution in [3.8, 4) is 17.1 Å². The van der Waals surface area contributed by atoms with E-state index in [1.54, 1.807) is 22.8 Å². The normalized spacial score (nSPS) is 11.3. The summed E-state index contributed by atoms with van der Waals surface area (Å²) >= 11 is 3.46. The number of nitrogens with zero attached hydrogens (tertiary/aromatic N) is 2. The van der Waals surface area contributed by atoms with Gasteiger partial charge in [-0.15, -0.1) is 0 Å². The molecule has 0 aliphatic carbocycles. The van der Waals surface area contributed by atoms with E-state index in [2.05, 4.69) is 20.9 Å². The Labute approximate surface area is 174 Å². The topological polar surface area (TPSA) is 74.3 Å². The Morgan fingerprint density at radius 2 is 2.00 bits per heavy atom. The third kappa shape index (κ3) is 3.46. The minimum absolute atomic E-state index is 0.0301. The van der Waals surface area contributed by atoms with Crippen molar-refractivity contribution in [3.63, 3.8) is 0 Å². The molecule has 0 saturated heterocycles. The van der Waals surface area contributed by atoms with Gasteiger partial charge in [0.1, 0.15) is 17.2 Å². The monoisotopic (exact) mass is 454 g/mol. The molecule has 29 heavy (non-hydrogen) atoms. The number of ether oxygens (including phenoxy) is 1. The van der Waals surface area contributed by atoms with Crippen molar-refractivity contribution in [1.82, 2.24) is 9.55 Å². The van der Waals surface area contributed by atoms with Gasteiger partial charge >= 0.3 is 0 Å². The molecule has 4 aromatic rings. The maximum Gasteiger partial charge on any atom is 0.269 e. The minimum atomic E-state index is -0.384. The van der Waals surface area contributed by atoms with Crippen LogP contribution in [0.15, 0.2) is 60.9 Å². The molecule has 2 aromatic heterocycles. The molecule has 148 valence electrons. The minimum Gasteiger partial charge on any atom is -0.497 e. The van der Waals surface area contributed by atoms with E-state index in [-0.39, 0.29) is 22.1 Å². The molecule has 0 saturated carbocycles. The van der Waals surface area contributed by atoms with E-state index in [1.165, 1.54) is 7.11 Å². The average molecular weight is 455 g/mol. The summed E-state index contributed by atoms with van der Waals surface area (Å²) in [4.78, 5) is 31.0. The largest absolute Gasteiger partial charge is 0.497 e. The first-order valence-electron chi connectivity index (χ1n) is 9.35. The molecule has 0 spiro atoms. The zero-order valence-electron chi connectivity index (χ0n) is 16.1. The van der Waals surface area contributed by atoms with Crippen molar-refractivity contribution in [1.29, 1.82) is 0 Å². The predicted octanol–water partition coefficient (Wildman–Crippen LogP) is 4.74. The van der Waals surface area contributed by atoms with Crippen LogP contribution in [0, 0.1) is 0 Å². The van der Waals surface area contributed by atoms with Gasteiger partial charge in [-0.05, 0) is 30.7 Å². The van der Waals surface area contributed by atoms with Crippen molar-refractivity contribution in [2.24, 2.45) is 0 Å². The Morgan fingerprint density at radius 3 is 2.72 bits per heavy atom. The molecule has 0 radical (unpaired) electrons. The first kappa shape index (κ1) is 19.4. The number of aromatic nitrogens is 2. The molecule has 2 heterocycles. The van der Waals surface area contributed by atoms with Gasteiger partial charge in [-0.3, -0.25) is 14.2 Å². The fourth-order valence-corrected chi connectivity index (χ4v) is 3.71. The average Bonchev–Trinajstić information content (AvgIpc) is 2.72. The molecule has 2 aromatic carbocycles. The predicted molar refractivity (Wildman–Crippen MR) is 117 cm³/mol. The zero-order valence-corrected chi connectivity index (χ0v) is 17.7. The van der Waals surface area contributed by atoms with Gasteiger partial charge in [0.2, 0.25) is 11.1 Å². The SMILES string of the molecule is CCCCn1c(-c2cccc(Br)c2)nc2oc3cc(OC)ccc3c(=O)c2c1=O. The number of unbranched alkanes of at least 4 members (excludes halogenated alkanes) is 1. The molecule has 4 rings (SSSR count). The van der Waals surface area contributed by atoms with Crippen molar-refractivity contribution in [3.05, 3.63) is 67.5 Å². The molecule has 7 heteroatoms. The Hall–Kier alpha value is -2.93. The highest BCUT2D eigenvalue weighted by atomic mass is 79.9. The van der Waals surface area contributed by atoms with Crippen LogP contribution >= 0.6 is 15.9 Å². The highest BCUT2D eigenvalue weighted by Crippen LogP contribution is 2.25. The van der Waals surface area contributed by atoms with Gasteiger partial charge in [-0.1, -0.05) is 41.4 Å². The zero-order chi connectivity index (χ0) is 20.5. The van der Waals surface area contributed by atoms with E-state index >= 15 is 0 Å². The van der Waals surface area contributed by atoms with Crippen molar-refractivity contribution >= 4 is 38.0 Å². The lowest BCUT2D eigenvalue weighted by Gasteiger charge is -2.13. The summed E-state index contributed by atoms with van der Waals surface area (Å²) in [6.45, 7) is 2.52. The summed E-state index contributed by atoms with van der Waals surface area (Å²) in [5.74, 6) is 1.03. The summed E-state index contributed by atoms with van der Waals surface area (Å²) in [6.07, 6.45) is 1.71. The van der Waals surface area contributed by atoms with Crippen LogP contribution in [-0.2, 0) is 6.54 Å². The molecule has 0 N–H and O–H groups in total. The summed E-state index contributed by atoms with van der Waals surface area (Å²) in [6, 6.07) is 12.4. The van der Waals surface area contributed by atoms with Crippen LogP contribution in [0.5, 0.6) is 5.75 Å². The molecule has 0 aliphatic rings. The maximum atomic E-state index is 13.3. The highest BCUT2D eigenvalue weighted by Gasteiger charge is 2.19. The summed E-state index contributed by atoms with van der Waals surface area (Å²) in [7, 11) is 1.54. The van der Waals surface area contributed by atoms with Crippen LogP contribution in [0.3, 0.4) is 0 Å². The van der Waals surface area contributed by atoms with E-state index in [0.29, 0.717) is 29.1 Å². The Kier molecular flexibility index (Phi) is 5.24.